The summed E-state index contributed by atoms with van der Waals surface area (Å²) in [4.78, 5) is 13.1. The maximum atomic E-state index is 5.89. The quantitative estimate of drug-likeness (QED) is 0.916. The minimum absolute atomic E-state index is 0.316. The summed E-state index contributed by atoms with van der Waals surface area (Å²) < 4.78 is 2.05. The van der Waals surface area contributed by atoms with Crippen LogP contribution in [0.4, 0.5) is 5.82 Å². The van der Waals surface area contributed by atoms with Gasteiger partial charge in [-0.25, -0.2) is 15.0 Å². The SMILES string of the molecule is CC(C)Cc1cc(N)nc(-c2cncn2C(C)C)n1. The van der Waals surface area contributed by atoms with Crippen LogP contribution in [0, 0.1) is 5.92 Å². The molecule has 0 saturated carbocycles. The fourth-order valence-corrected chi connectivity index (χ4v) is 2.05. The van der Waals surface area contributed by atoms with Crippen LogP contribution in [0.25, 0.3) is 11.5 Å². The molecule has 2 aromatic heterocycles. The fraction of sp³-hybridized carbons (Fsp3) is 0.500. The van der Waals surface area contributed by atoms with Gasteiger partial charge in [0.05, 0.1) is 12.5 Å². The summed E-state index contributed by atoms with van der Waals surface area (Å²) in [6, 6.07) is 2.16. The second kappa shape index (κ2) is 5.38. The molecule has 0 spiro atoms. The monoisotopic (exact) mass is 259 g/mol. The molecule has 2 N–H and O–H groups in total. The van der Waals surface area contributed by atoms with E-state index >= 15 is 0 Å². The highest BCUT2D eigenvalue weighted by Crippen LogP contribution is 2.21. The Morgan fingerprint density at radius 3 is 2.58 bits per heavy atom. The second-order valence-corrected chi connectivity index (χ2v) is 5.49. The smallest absolute Gasteiger partial charge is 0.180 e. The van der Waals surface area contributed by atoms with Gasteiger partial charge in [-0.2, -0.15) is 0 Å². The predicted molar refractivity (Wildman–Crippen MR) is 76.6 cm³/mol. The Hall–Kier alpha value is -1.91. The van der Waals surface area contributed by atoms with Crippen LogP contribution in [0.15, 0.2) is 18.6 Å². The molecule has 5 heteroatoms. The molecule has 102 valence electrons. The first-order valence-electron chi connectivity index (χ1n) is 6.63. The maximum Gasteiger partial charge on any atom is 0.180 e. The van der Waals surface area contributed by atoms with E-state index < -0.39 is 0 Å². The first kappa shape index (κ1) is 13.5. The van der Waals surface area contributed by atoms with Crippen molar-refractivity contribution in [3.05, 3.63) is 24.3 Å². The zero-order chi connectivity index (χ0) is 14.0. The average Bonchev–Trinajstić information content (AvgIpc) is 2.75. The normalized spacial score (nSPS) is 11.5. The Kier molecular flexibility index (Phi) is 3.83. The van der Waals surface area contributed by atoms with Crippen molar-refractivity contribution in [1.82, 2.24) is 19.5 Å². The molecular formula is C14H21N5. The van der Waals surface area contributed by atoms with E-state index in [1.807, 2.05) is 10.6 Å². The van der Waals surface area contributed by atoms with Crippen molar-refractivity contribution in [3.8, 4) is 11.5 Å². The van der Waals surface area contributed by atoms with Crippen LogP contribution in [0.3, 0.4) is 0 Å². The number of nitrogens with two attached hydrogens (primary N) is 1. The molecule has 0 fully saturated rings. The van der Waals surface area contributed by atoms with Gasteiger partial charge in [0.1, 0.15) is 11.5 Å². The van der Waals surface area contributed by atoms with Gasteiger partial charge in [0.15, 0.2) is 5.82 Å². The van der Waals surface area contributed by atoms with Crippen molar-refractivity contribution in [2.75, 3.05) is 5.73 Å². The lowest BCUT2D eigenvalue weighted by Gasteiger charge is -2.12. The van der Waals surface area contributed by atoms with E-state index in [2.05, 4.69) is 42.6 Å². The summed E-state index contributed by atoms with van der Waals surface area (Å²) in [6.07, 6.45) is 4.48. The summed E-state index contributed by atoms with van der Waals surface area (Å²) in [6.45, 7) is 8.53. The topological polar surface area (TPSA) is 69.6 Å². The fourth-order valence-electron chi connectivity index (χ4n) is 2.05. The number of rotatable bonds is 4. The Labute approximate surface area is 113 Å². The average molecular weight is 259 g/mol. The molecule has 0 bridgehead atoms. The van der Waals surface area contributed by atoms with Gasteiger partial charge in [-0.1, -0.05) is 13.8 Å². The zero-order valence-corrected chi connectivity index (χ0v) is 12.0. The Morgan fingerprint density at radius 1 is 1.21 bits per heavy atom. The highest BCUT2D eigenvalue weighted by Gasteiger charge is 2.12. The van der Waals surface area contributed by atoms with E-state index in [-0.39, 0.29) is 0 Å². The summed E-state index contributed by atoms with van der Waals surface area (Å²) in [5.74, 6) is 1.70. The second-order valence-electron chi connectivity index (χ2n) is 5.49. The lowest BCUT2D eigenvalue weighted by atomic mass is 10.1. The lowest BCUT2D eigenvalue weighted by molar-refractivity contribution is 0.601. The van der Waals surface area contributed by atoms with Crippen molar-refractivity contribution in [2.45, 2.75) is 40.2 Å². The van der Waals surface area contributed by atoms with Gasteiger partial charge in [-0.15, -0.1) is 0 Å². The number of hydrogen-bond donors (Lipinski definition) is 1. The van der Waals surface area contributed by atoms with Gasteiger partial charge in [0, 0.05) is 17.8 Å². The minimum Gasteiger partial charge on any atom is -0.384 e. The number of nitrogens with zero attached hydrogens (tertiary/aromatic N) is 4. The largest absolute Gasteiger partial charge is 0.384 e. The predicted octanol–water partition coefficient (Wildman–Crippen LogP) is 2.70. The van der Waals surface area contributed by atoms with Crippen LogP contribution < -0.4 is 5.73 Å². The van der Waals surface area contributed by atoms with E-state index in [0.29, 0.717) is 23.6 Å². The molecule has 0 amide bonds. The highest BCUT2D eigenvalue weighted by atomic mass is 15.1. The first-order chi connectivity index (χ1) is 8.97. The van der Waals surface area contributed by atoms with Crippen molar-refractivity contribution in [3.63, 3.8) is 0 Å². The molecule has 2 heterocycles. The lowest BCUT2D eigenvalue weighted by Crippen LogP contribution is -2.07. The highest BCUT2D eigenvalue weighted by molar-refractivity contribution is 5.52. The number of hydrogen-bond acceptors (Lipinski definition) is 4. The van der Waals surface area contributed by atoms with Gasteiger partial charge in [0.25, 0.3) is 0 Å². The summed E-state index contributed by atoms with van der Waals surface area (Å²) in [7, 11) is 0. The van der Waals surface area contributed by atoms with Crippen molar-refractivity contribution in [1.29, 1.82) is 0 Å². The van der Waals surface area contributed by atoms with E-state index in [1.54, 1.807) is 12.5 Å². The van der Waals surface area contributed by atoms with Crippen LogP contribution in [0.5, 0.6) is 0 Å². The standard InChI is InChI=1S/C14H21N5/c1-9(2)5-11-6-13(15)18-14(17-11)12-7-16-8-19(12)10(3)4/h6-10H,5H2,1-4H3,(H2,15,17,18). The van der Waals surface area contributed by atoms with Gasteiger partial charge in [-0.05, 0) is 26.2 Å². The van der Waals surface area contributed by atoms with Gasteiger partial charge in [-0.3, -0.25) is 0 Å². The minimum atomic E-state index is 0.316. The molecule has 0 radical (unpaired) electrons. The van der Waals surface area contributed by atoms with Gasteiger partial charge >= 0.3 is 0 Å². The molecule has 0 saturated heterocycles. The molecular weight excluding hydrogens is 238 g/mol. The third-order valence-electron chi connectivity index (χ3n) is 2.87. The number of anilines is 1. The summed E-state index contributed by atoms with van der Waals surface area (Å²) in [5.41, 5.74) is 7.78. The van der Waals surface area contributed by atoms with E-state index in [9.17, 15) is 0 Å². The van der Waals surface area contributed by atoms with E-state index in [1.165, 1.54) is 0 Å². The molecule has 0 aliphatic rings. The van der Waals surface area contributed by atoms with E-state index in [4.69, 9.17) is 5.73 Å². The molecule has 0 aromatic carbocycles. The number of imidazole rings is 1. The summed E-state index contributed by atoms with van der Waals surface area (Å²) >= 11 is 0. The third kappa shape index (κ3) is 3.10. The van der Waals surface area contributed by atoms with E-state index in [0.717, 1.165) is 17.8 Å². The first-order valence-corrected chi connectivity index (χ1v) is 6.63. The van der Waals surface area contributed by atoms with Crippen LogP contribution in [-0.4, -0.2) is 19.5 Å². The Balaban J connectivity index is 2.44. The van der Waals surface area contributed by atoms with Crippen molar-refractivity contribution in [2.24, 2.45) is 5.92 Å². The third-order valence-corrected chi connectivity index (χ3v) is 2.87. The Morgan fingerprint density at radius 2 is 1.95 bits per heavy atom. The van der Waals surface area contributed by atoms with Crippen LogP contribution in [0.1, 0.15) is 39.4 Å². The molecule has 2 aromatic rings. The number of nitrogen functional groups attached to an aromatic ring is 1. The molecule has 0 unspecified atom stereocenters. The molecule has 0 aliphatic heterocycles. The Bertz CT molecular complexity index is 557. The van der Waals surface area contributed by atoms with Crippen molar-refractivity contribution < 1.29 is 0 Å². The summed E-state index contributed by atoms with van der Waals surface area (Å²) in [5, 5.41) is 0. The van der Waals surface area contributed by atoms with Crippen molar-refractivity contribution >= 4 is 5.82 Å². The van der Waals surface area contributed by atoms with Gasteiger partial charge in [0.2, 0.25) is 0 Å². The van der Waals surface area contributed by atoms with Crippen LogP contribution in [0.2, 0.25) is 0 Å². The van der Waals surface area contributed by atoms with Crippen LogP contribution >= 0.6 is 0 Å². The molecule has 19 heavy (non-hydrogen) atoms. The van der Waals surface area contributed by atoms with Crippen LogP contribution in [-0.2, 0) is 6.42 Å². The zero-order valence-electron chi connectivity index (χ0n) is 12.0. The molecule has 0 atom stereocenters. The molecule has 2 rings (SSSR count). The van der Waals surface area contributed by atoms with Gasteiger partial charge < -0.3 is 10.3 Å². The maximum absolute atomic E-state index is 5.89. The molecule has 5 nitrogen and oxygen atoms in total. The molecule has 0 aliphatic carbocycles. The number of aromatic nitrogens is 4.